The lowest BCUT2D eigenvalue weighted by Gasteiger charge is -2.10. The molecule has 1 aliphatic heterocycles. The van der Waals surface area contributed by atoms with E-state index in [-0.39, 0.29) is 0 Å². The maximum atomic E-state index is 4.11. The molecular formula is C8H14NP. The first-order valence-electron chi connectivity index (χ1n) is 3.85. The minimum Gasteiger partial charge on any atom is -0.269 e. The van der Waals surface area contributed by atoms with Crippen molar-refractivity contribution in [3.63, 3.8) is 0 Å². The zero-order valence-corrected chi connectivity index (χ0v) is 7.38. The Morgan fingerprint density at radius 1 is 1.70 bits per heavy atom. The van der Waals surface area contributed by atoms with Crippen molar-refractivity contribution in [2.45, 2.75) is 25.4 Å². The second kappa shape index (κ2) is 4.62. The summed E-state index contributed by atoms with van der Waals surface area (Å²) in [4.78, 5) is 4.11. The van der Waals surface area contributed by atoms with E-state index >= 15 is 0 Å². The molecule has 0 bridgehead atoms. The third kappa shape index (κ3) is 2.62. The van der Waals surface area contributed by atoms with Crippen LogP contribution in [0.5, 0.6) is 0 Å². The van der Waals surface area contributed by atoms with Crippen LogP contribution in [0.3, 0.4) is 0 Å². The maximum absolute atomic E-state index is 4.11. The second-order valence-corrected chi connectivity index (χ2v) is 4.13. The van der Waals surface area contributed by atoms with Gasteiger partial charge in [-0.2, -0.15) is 0 Å². The van der Waals surface area contributed by atoms with Crippen molar-refractivity contribution in [2.75, 3.05) is 6.16 Å². The van der Waals surface area contributed by atoms with E-state index in [0.29, 0.717) is 0 Å². The van der Waals surface area contributed by atoms with Crippen LogP contribution in [0.25, 0.3) is 0 Å². The van der Waals surface area contributed by atoms with E-state index in [2.05, 4.69) is 24.2 Å². The second-order valence-electron chi connectivity index (χ2n) is 2.48. The molecule has 0 aromatic rings. The fourth-order valence-corrected chi connectivity index (χ4v) is 2.10. The summed E-state index contributed by atoms with van der Waals surface area (Å²) in [5.41, 5.74) is 0.755. The van der Waals surface area contributed by atoms with Gasteiger partial charge in [0.25, 0.3) is 0 Å². The summed E-state index contributed by atoms with van der Waals surface area (Å²) in [7, 11) is 1.08. The summed E-state index contributed by atoms with van der Waals surface area (Å²) in [5.74, 6) is 0. The first kappa shape index (κ1) is 7.94. The highest BCUT2D eigenvalue weighted by atomic mass is 31.1. The quantitative estimate of drug-likeness (QED) is 0.555. The van der Waals surface area contributed by atoms with E-state index in [0.717, 1.165) is 14.2 Å². The van der Waals surface area contributed by atoms with Crippen molar-refractivity contribution in [2.24, 2.45) is 4.99 Å². The Morgan fingerprint density at radius 3 is 3.20 bits per heavy atom. The van der Waals surface area contributed by atoms with Gasteiger partial charge in [0, 0.05) is 18.1 Å². The van der Waals surface area contributed by atoms with E-state index in [1.165, 1.54) is 19.0 Å². The number of rotatable bonds is 3. The Hall–Kier alpha value is -0.160. The van der Waals surface area contributed by atoms with Crippen molar-refractivity contribution in [3.8, 4) is 0 Å². The van der Waals surface area contributed by atoms with Crippen LogP contribution in [0.1, 0.15) is 19.8 Å². The molecule has 0 aromatic heterocycles. The number of hydrogen-bond acceptors (Lipinski definition) is 1. The number of allylic oxidation sites excluding steroid dienone is 1. The molecular weight excluding hydrogens is 141 g/mol. The molecule has 0 fully saturated rings. The zero-order chi connectivity index (χ0) is 7.23. The smallest absolute Gasteiger partial charge is 0.0224 e. The van der Waals surface area contributed by atoms with Crippen LogP contribution in [-0.2, 0) is 0 Å². The van der Waals surface area contributed by atoms with Crippen LogP contribution < -0.4 is 0 Å². The molecule has 0 aromatic carbocycles. The Kier molecular flexibility index (Phi) is 3.67. The molecule has 1 nitrogen and oxygen atoms in total. The lowest BCUT2D eigenvalue weighted by Crippen LogP contribution is -2.03. The molecule has 0 saturated carbocycles. The maximum Gasteiger partial charge on any atom is 0.0224 e. The van der Waals surface area contributed by atoms with Gasteiger partial charge in [0.05, 0.1) is 0 Å². The van der Waals surface area contributed by atoms with Crippen molar-refractivity contribution in [1.29, 1.82) is 0 Å². The van der Waals surface area contributed by atoms with E-state index in [1.807, 2.05) is 6.20 Å². The number of hydrogen-bond donors (Lipinski definition) is 0. The summed E-state index contributed by atoms with van der Waals surface area (Å²) in [6.07, 6.45) is 10.0. The molecule has 1 aliphatic rings. The van der Waals surface area contributed by atoms with Crippen LogP contribution in [0.15, 0.2) is 17.3 Å². The lowest BCUT2D eigenvalue weighted by molar-refractivity contribution is 1.06. The van der Waals surface area contributed by atoms with E-state index in [9.17, 15) is 0 Å². The summed E-state index contributed by atoms with van der Waals surface area (Å²) in [5, 5.41) is 0. The number of aliphatic imine (C=N–C) groups is 1. The zero-order valence-electron chi connectivity index (χ0n) is 6.38. The summed E-state index contributed by atoms with van der Waals surface area (Å²) in [6.45, 7) is 2.24. The van der Waals surface area contributed by atoms with Crippen LogP contribution in [0.2, 0.25) is 0 Å². The molecule has 2 heteroatoms. The third-order valence-corrected chi connectivity index (χ3v) is 3.20. The highest BCUT2D eigenvalue weighted by Crippen LogP contribution is 2.23. The van der Waals surface area contributed by atoms with Gasteiger partial charge in [-0.1, -0.05) is 19.4 Å². The van der Waals surface area contributed by atoms with E-state index in [1.54, 1.807) is 0 Å². The molecule has 0 amide bonds. The third-order valence-electron chi connectivity index (χ3n) is 1.50. The molecule has 0 radical (unpaired) electrons. The average molecular weight is 155 g/mol. The normalized spacial score (nSPS) is 24.7. The Morgan fingerprint density at radius 2 is 2.60 bits per heavy atom. The fraction of sp³-hybridized carbons (Fsp3) is 0.625. The molecule has 1 heterocycles. The van der Waals surface area contributed by atoms with Gasteiger partial charge in [0.15, 0.2) is 0 Å². The summed E-state index contributed by atoms with van der Waals surface area (Å²) in [6, 6.07) is 0. The molecule has 1 rings (SSSR count). The van der Waals surface area contributed by atoms with Crippen LogP contribution in [0, 0.1) is 0 Å². The molecule has 0 aliphatic carbocycles. The molecule has 2 unspecified atom stereocenters. The fourth-order valence-electron chi connectivity index (χ4n) is 0.949. The monoisotopic (exact) mass is 155 g/mol. The standard InChI is InChI=1S/C8H14NP/c1-2-6-10-8-4-3-5-9-7-8/h3,5,7-8,10H,2,4,6H2,1H3. The summed E-state index contributed by atoms with van der Waals surface area (Å²) < 4.78 is 0. The number of nitrogens with zero attached hydrogens (tertiary/aromatic N) is 1. The van der Waals surface area contributed by atoms with Gasteiger partial charge in [-0.25, -0.2) is 0 Å². The first-order valence-corrected chi connectivity index (χ1v) is 5.13. The Bertz CT molecular complexity index is 140. The van der Waals surface area contributed by atoms with Gasteiger partial charge in [-0.3, -0.25) is 4.99 Å². The minimum absolute atomic E-state index is 0.755. The molecule has 0 saturated heterocycles. The molecule has 56 valence electrons. The van der Waals surface area contributed by atoms with Gasteiger partial charge in [-0.15, -0.1) is 8.58 Å². The molecule has 10 heavy (non-hydrogen) atoms. The lowest BCUT2D eigenvalue weighted by atomic mass is 10.3. The van der Waals surface area contributed by atoms with Gasteiger partial charge in [0.1, 0.15) is 0 Å². The average Bonchev–Trinajstić information content (AvgIpc) is 2.03. The predicted octanol–water partition coefficient (Wildman–Crippen LogP) is 2.43. The minimum atomic E-state index is 0.755. The van der Waals surface area contributed by atoms with Crippen LogP contribution in [0.4, 0.5) is 0 Å². The van der Waals surface area contributed by atoms with Gasteiger partial charge in [0.2, 0.25) is 0 Å². The van der Waals surface area contributed by atoms with Crippen molar-refractivity contribution >= 4 is 14.8 Å². The highest BCUT2D eigenvalue weighted by molar-refractivity contribution is 7.40. The topological polar surface area (TPSA) is 12.4 Å². The van der Waals surface area contributed by atoms with Crippen molar-refractivity contribution in [3.05, 3.63) is 12.3 Å². The molecule has 2 atom stereocenters. The molecule has 0 N–H and O–H groups in total. The Balaban J connectivity index is 2.17. The molecule has 0 spiro atoms. The largest absolute Gasteiger partial charge is 0.269 e. The van der Waals surface area contributed by atoms with E-state index in [4.69, 9.17) is 0 Å². The van der Waals surface area contributed by atoms with Crippen molar-refractivity contribution in [1.82, 2.24) is 0 Å². The highest BCUT2D eigenvalue weighted by Gasteiger charge is 2.03. The van der Waals surface area contributed by atoms with Gasteiger partial charge < -0.3 is 0 Å². The predicted molar refractivity (Wildman–Crippen MR) is 49.5 cm³/mol. The van der Waals surface area contributed by atoms with Crippen molar-refractivity contribution < 1.29 is 0 Å². The SMILES string of the molecule is CCCPC1C=NC=CC1. The van der Waals surface area contributed by atoms with Gasteiger partial charge in [-0.05, 0) is 12.6 Å². The van der Waals surface area contributed by atoms with Crippen LogP contribution in [-0.4, -0.2) is 18.0 Å². The Labute approximate surface area is 64.4 Å². The summed E-state index contributed by atoms with van der Waals surface area (Å²) >= 11 is 0. The first-order chi connectivity index (χ1) is 4.93. The van der Waals surface area contributed by atoms with Gasteiger partial charge >= 0.3 is 0 Å². The van der Waals surface area contributed by atoms with Crippen LogP contribution >= 0.6 is 8.58 Å². The van der Waals surface area contributed by atoms with E-state index < -0.39 is 0 Å².